The van der Waals surface area contributed by atoms with Gasteiger partial charge in [-0.05, 0) is 43.2 Å². The Labute approximate surface area is 193 Å². The van der Waals surface area contributed by atoms with Gasteiger partial charge in [0.25, 0.3) is 5.91 Å². The number of methoxy groups -OCH3 is 1. The largest absolute Gasteiger partial charge is 0.494 e. The first-order valence-corrected chi connectivity index (χ1v) is 11.2. The van der Waals surface area contributed by atoms with Crippen LogP contribution in [0.25, 0.3) is 0 Å². The number of carbonyl (C=O) groups excluding carboxylic acids is 1. The monoisotopic (exact) mass is 450 g/mol. The highest BCUT2D eigenvalue weighted by molar-refractivity contribution is 5.93. The summed E-state index contributed by atoms with van der Waals surface area (Å²) >= 11 is 0. The molecule has 0 bridgehead atoms. The molecule has 8 heteroatoms. The van der Waals surface area contributed by atoms with E-state index >= 15 is 0 Å². The highest BCUT2D eigenvalue weighted by Gasteiger charge is 2.30. The molecule has 3 aromatic rings. The van der Waals surface area contributed by atoms with Crippen molar-refractivity contribution in [1.82, 2.24) is 15.5 Å². The van der Waals surface area contributed by atoms with Gasteiger partial charge in [0.2, 0.25) is 0 Å². The Hall–Kier alpha value is -3.68. The molecule has 0 radical (unpaired) electrons. The maximum absolute atomic E-state index is 12.2. The van der Waals surface area contributed by atoms with Crippen LogP contribution < -0.4 is 24.4 Å². The summed E-state index contributed by atoms with van der Waals surface area (Å²) in [6.45, 7) is 6.29. The van der Waals surface area contributed by atoms with Crippen molar-refractivity contribution in [1.29, 1.82) is 0 Å². The number of rotatable bonds is 10. The zero-order valence-electron chi connectivity index (χ0n) is 19.2. The van der Waals surface area contributed by atoms with E-state index in [1.165, 1.54) is 6.20 Å². The molecule has 33 heavy (non-hydrogen) atoms. The number of nitrogens with one attached hydrogen (secondary N) is 2. The predicted molar refractivity (Wildman–Crippen MR) is 126 cm³/mol. The number of aromatic amines is 1. The molecule has 1 aliphatic rings. The second-order valence-electron chi connectivity index (χ2n) is 8.08. The maximum Gasteiger partial charge on any atom is 0.254 e. The third-order valence-electron chi connectivity index (χ3n) is 5.60. The second kappa shape index (κ2) is 10.3. The minimum Gasteiger partial charge on any atom is -0.494 e. The molecule has 0 aliphatic carbocycles. The van der Waals surface area contributed by atoms with Crippen LogP contribution in [0, 0.1) is 0 Å². The minimum atomic E-state index is -0.161. The third kappa shape index (κ3) is 5.39. The Kier molecular flexibility index (Phi) is 7.02. The summed E-state index contributed by atoms with van der Waals surface area (Å²) in [7, 11) is 1.68. The average molecular weight is 451 g/mol. The van der Waals surface area contributed by atoms with Crippen molar-refractivity contribution < 1.29 is 19.0 Å². The molecule has 1 aliphatic heterocycles. The molecule has 8 nitrogen and oxygen atoms in total. The van der Waals surface area contributed by atoms with Gasteiger partial charge in [-0.2, -0.15) is 5.10 Å². The van der Waals surface area contributed by atoms with Gasteiger partial charge in [0.15, 0.2) is 0 Å². The first kappa shape index (κ1) is 22.5. The topological polar surface area (TPSA) is 88.7 Å². The van der Waals surface area contributed by atoms with Crippen LogP contribution in [-0.4, -0.2) is 49.0 Å². The second-order valence-corrected chi connectivity index (χ2v) is 8.08. The Morgan fingerprint density at radius 3 is 2.64 bits per heavy atom. The number of amides is 1. The number of hydrogen-bond donors (Lipinski definition) is 2. The molecule has 1 amide bonds. The van der Waals surface area contributed by atoms with Gasteiger partial charge in [0.1, 0.15) is 23.4 Å². The fourth-order valence-electron chi connectivity index (χ4n) is 3.70. The van der Waals surface area contributed by atoms with Gasteiger partial charge in [0, 0.05) is 12.3 Å². The fraction of sp³-hybridized carbons (Fsp3) is 0.360. The van der Waals surface area contributed by atoms with Crippen molar-refractivity contribution in [2.75, 3.05) is 31.7 Å². The van der Waals surface area contributed by atoms with E-state index < -0.39 is 0 Å². The molecule has 0 spiro atoms. The number of benzene rings is 2. The highest BCUT2D eigenvalue weighted by atomic mass is 16.5. The van der Waals surface area contributed by atoms with E-state index in [9.17, 15) is 4.79 Å². The summed E-state index contributed by atoms with van der Waals surface area (Å²) in [5.41, 5.74) is 2.55. The van der Waals surface area contributed by atoms with Gasteiger partial charge in [0.05, 0.1) is 50.3 Å². The van der Waals surface area contributed by atoms with Crippen molar-refractivity contribution in [3.63, 3.8) is 0 Å². The molecule has 2 heterocycles. The molecule has 0 saturated carbocycles. The molecule has 2 aromatic carbocycles. The number of anilines is 1. The quantitative estimate of drug-likeness (QED) is 0.486. The van der Waals surface area contributed by atoms with Gasteiger partial charge in [-0.25, -0.2) is 0 Å². The zero-order chi connectivity index (χ0) is 23.2. The van der Waals surface area contributed by atoms with Gasteiger partial charge in [-0.15, -0.1) is 0 Å². The smallest absolute Gasteiger partial charge is 0.254 e. The summed E-state index contributed by atoms with van der Waals surface area (Å²) in [4.78, 5) is 14.4. The molecule has 1 fully saturated rings. The number of aromatic nitrogens is 2. The van der Waals surface area contributed by atoms with E-state index in [0.29, 0.717) is 12.2 Å². The Morgan fingerprint density at radius 1 is 1.21 bits per heavy atom. The lowest BCUT2D eigenvalue weighted by atomic mass is 10.1. The van der Waals surface area contributed by atoms with Crippen LogP contribution in [0.2, 0.25) is 0 Å². The van der Waals surface area contributed by atoms with Crippen molar-refractivity contribution >= 4 is 11.6 Å². The van der Waals surface area contributed by atoms with E-state index in [2.05, 4.69) is 27.3 Å². The summed E-state index contributed by atoms with van der Waals surface area (Å²) in [5, 5.41) is 9.42. The van der Waals surface area contributed by atoms with Gasteiger partial charge < -0.3 is 24.4 Å². The van der Waals surface area contributed by atoms with E-state index in [-0.39, 0.29) is 18.1 Å². The van der Waals surface area contributed by atoms with Crippen molar-refractivity contribution in [2.45, 2.75) is 32.4 Å². The third-order valence-corrected chi connectivity index (χ3v) is 5.60. The van der Waals surface area contributed by atoms with Crippen LogP contribution in [0.4, 0.5) is 5.69 Å². The van der Waals surface area contributed by atoms with Crippen LogP contribution in [0.1, 0.15) is 42.2 Å². The van der Waals surface area contributed by atoms with E-state index in [0.717, 1.165) is 48.0 Å². The lowest BCUT2D eigenvalue weighted by Gasteiger charge is -2.41. The highest BCUT2D eigenvalue weighted by Crippen LogP contribution is 2.35. The summed E-state index contributed by atoms with van der Waals surface area (Å²) in [6.07, 6.45) is 4.15. The van der Waals surface area contributed by atoms with Crippen molar-refractivity contribution in [3.05, 3.63) is 66.0 Å². The molecule has 1 saturated heterocycles. The molecule has 174 valence electrons. The summed E-state index contributed by atoms with van der Waals surface area (Å²) in [5.74, 6) is 2.28. The van der Waals surface area contributed by atoms with Gasteiger partial charge >= 0.3 is 0 Å². The van der Waals surface area contributed by atoms with Crippen molar-refractivity contribution in [3.8, 4) is 17.2 Å². The zero-order valence-corrected chi connectivity index (χ0v) is 19.2. The molecule has 2 N–H and O–H groups in total. The lowest BCUT2D eigenvalue weighted by molar-refractivity contribution is 0.0940. The standard InChI is InChI=1S/C25H30N4O4/c1-4-11-32-21-9-10-23(24(12-21)31-3)29-15-22(16-29)33-20-7-5-18(6-8-20)17(2)28-25(30)19-13-26-27-14-19/h5-10,12-14,17,22H,4,11,15-16H2,1-3H3,(H,26,27)(H,28,30). The number of nitrogens with zero attached hydrogens (tertiary/aromatic N) is 2. The molecule has 4 rings (SSSR count). The van der Waals surface area contributed by atoms with Crippen LogP contribution in [-0.2, 0) is 0 Å². The molecular formula is C25H30N4O4. The van der Waals surface area contributed by atoms with Gasteiger partial charge in [-0.1, -0.05) is 19.1 Å². The lowest BCUT2D eigenvalue weighted by Crippen LogP contribution is -2.54. The molecular weight excluding hydrogens is 420 g/mol. The number of H-pyrrole nitrogens is 1. The van der Waals surface area contributed by atoms with E-state index in [1.807, 2.05) is 49.4 Å². The van der Waals surface area contributed by atoms with Crippen molar-refractivity contribution in [2.24, 2.45) is 0 Å². The van der Waals surface area contributed by atoms with Crippen LogP contribution in [0.15, 0.2) is 54.9 Å². The maximum atomic E-state index is 12.2. The average Bonchev–Trinajstić information content (AvgIpc) is 3.35. The molecule has 1 aromatic heterocycles. The Balaban J connectivity index is 1.28. The van der Waals surface area contributed by atoms with Crippen LogP contribution in [0.5, 0.6) is 17.2 Å². The number of ether oxygens (including phenoxy) is 3. The van der Waals surface area contributed by atoms with Gasteiger partial charge in [-0.3, -0.25) is 9.89 Å². The summed E-state index contributed by atoms with van der Waals surface area (Å²) < 4.78 is 17.4. The normalized spacial score (nSPS) is 14.3. The van der Waals surface area contributed by atoms with E-state index in [4.69, 9.17) is 14.2 Å². The number of carbonyl (C=O) groups is 1. The first-order chi connectivity index (χ1) is 16.1. The Bertz CT molecular complexity index is 1050. The minimum absolute atomic E-state index is 0.106. The summed E-state index contributed by atoms with van der Waals surface area (Å²) in [6, 6.07) is 13.7. The predicted octanol–water partition coefficient (Wildman–Crippen LogP) is 3.97. The van der Waals surface area contributed by atoms with E-state index in [1.54, 1.807) is 13.3 Å². The van der Waals surface area contributed by atoms with Crippen LogP contribution in [0.3, 0.4) is 0 Å². The Morgan fingerprint density at radius 2 is 1.97 bits per heavy atom. The first-order valence-electron chi connectivity index (χ1n) is 11.2. The fourth-order valence-corrected chi connectivity index (χ4v) is 3.70. The van der Waals surface area contributed by atoms with Crippen LogP contribution >= 0.6 is 0 Å². The molecule has 1 unspecified atom stereocenters. The SMILES string of the molecule is CCCOc1ccc(N2CC(Oc3ccc(C(C)NC(=O)c4cn[nH]c4)cc3)C2)c(OC)c1. The molecule has 1 atom stereocenters. The number of hydrogen-bond acceptors (Lipinski definition) is 6.